The number of piperidine rings is 1. The third-order valence-corrected chi connectivity index (χ3v) is 4.24. The van der Waals surface area contributed by atoms with Crippen molar-refractivity contribution in [2.45, 2.75) is 12.5 Å². The van der Waals surface area contributed by atoms with Crippen LogP contribution in [0.5, 0.6) is 5.75 Å². The van der Waals surface area contributed by atoms with Gasteiger partial charge in [-0.15, -0.1) is 0 Å². The van der Waals surface area contributed by atoms with E-state index in [9.17, 15) is 14.7 Å². The molecule has 0 saturated carbocycles. The predicted molar refractivity (Wildman–Crippen MR) is 87.9 cm³/mol. The number of amides is 2. The van der Waals surface area contributed by atoms with Crippen molar-refractivity contribution in [1.82, 2.24) is 10.2 Å². The smallest absolute Gasteiger partial charge is 0.253 e. The van der Waals surface area contributed by atoms with Gasteiger partial charge < -0.3 is 24.8 Å². The van der Waals surface area contributed by atoms with Gasteiger partial charge in [-0.3, -0.25) is 9.59 Å². The molecule has 0 radical (unpaired) electrons. The minimum atomic E-state index is -0.284. The van der Waals surface area contributed by atoms with Gasteiger partial charge in [-0.1, -0.05) is 0 Å². The summed E-state index contributed by atoms with van der Waals surface area (Å²) in [5.74, 6) is 0.278. The summed E-state index contributed by atoms with van der Waals surface area (Å²) < 4.78 is 9.91. The van der Waals surface area contributed by atoms with Crippen LogP contribution in [-0.4, -0.2) is 68.4 Å². The Labute approximate surface area is 141 Å². The zero-order chi connectivity index (χ0) is 17.5. The van der Waals surface area contributed by atoms with Crippen LogP contribution in [0.15, 0.2) is 24.3 Å². The molecular weight excluding hydrogens is 312 g/mol. The summed E-state index contributed by atoms with van der Waals surface area (Å²) in [5.41, 5.74) is 0.570. The number of carbonyl (C=O) groups is 2. The minimum absolute atomic E-state index is 0.0253. The third-order valence-electron chi connectivity index (χ3n) is 4.24. The van der Waals surface area contributed by atoms with Crippen molar-refractivity contribution in [3.63, 3.8) is 0 Å². The van der Waals surface area contributed by atoms with Gasteiger partial charge in [-0.2, -0.15) is 0 Å². The first-order valence-electron chi connectivity index (χ1n) is 7.91. The van der Waals surface area contributed by atoms with Crippen LogP contribution in [0, 0.1) is 5.92 Å². The number of benzene rings is 1. The third kappa shape index (κ3) is 4.46. The van der Waals surface area contributed by atoms with E-state index in [-0.39, 0.29) is 37.0 Å². The highest BCUT2D eigenvalue weighted by Gasteiger charge is 2.32. The Morgan fingerprint density at radius 3 is 2.58 bits per heavy atom. The highest BCUT2D eigenvalue weighted by atomic mass is 16.5. The molecule has 0 bridgehead atoms. The Morgan fingerprint density at radius 2 is 2.00 bits per heavy atom. The van der Waals surface area contributed by atoms with Gasteiger partial charge in [0.05, 0.1) is 13.2 Å². The van der Waals surface area contributed by atoms with Gasteiger partial charge >= 0.3 is 0 Å². The summed E-state index contributed by atoms with van der Waals surface area (Å²) in [6.45, 7) is 0.849. The van der Waals surface area contributed by atoms with Crippen LogP contribution in [0.1, 0.15) is 16.8 Å². The van der Waals surface area contributed by atoms with Crippen LogP contribution in [0.4, 0.5) is 0 Å². The zero-order valence-corrected chi connectivity index (χ0v) is 14.0. The number of nitrogens with one attached hydrogen (secondary N) is 1. The lowest BCUT2D eigenvalue weighted by Gasteiger charge is -2.38. The first kappa shape index (κ1) is 18.2. The van der Waals surface area contributed by atoms with Crippen molar-refractivity contribution in [1.29, 1.82) is 0 Å². The fourth-order valence-corrected chi connectivity index (χ4v) is 2.86. The standard InChI is InChI=1S/C17H24N2O5/c1-23-11-16(21)18-15-9-19(8-7-13(15)10-20)17(22)12-3-5-14(24-2)6-4-12/h3-6,13,15,20H,7-11H2,1-2H3,(H,18,21)/t13-,15-/m1/s1. The molecule has 1 aromatic rings. The molecule has 2 N–H and O–H groups in total. The lowest BCUT2D eigenvalue weighted by Crippen LogP contribution is -2.55. The molecule has 1 heterocycles. The molecule has 0 spiro atoms. The number of rotatable bonds is 6. The number of carbonyl (C=O) groups excluding carboxylic acids is 2. The second kappa shape index (κ2) is 8.65. The second-order valence-corrected chi connectivity index (χ2v) is 5.82. The number of ether oxygens (including phenoxy) is 2. The number of hydrogen-bond acceptors (Lipinski definition) is 5. The molecule has 132 valence electrons. The molecule has 0 aliphatic carbocycles. The van der Waals surface area contributed by atoms with E-state index in [1.54, 1.807) is 36.3 Å². The number of aliphatic hydroxyl groups is 1. The van der Waals surface area contributed by atoms with Crippen LogP contribution in [0.25, 0.3) is 0 Å². The fraction of sp³-hybridized carbons (Fsp3) is 0.529. The van der Waals surface area contributed by atoms with Crippen LogP contribution in [-0.2, 0) is 9.53 Å². The van der Waals surface area contributed by atoms with Gasteiger partial charge in [0.2, 0.25) is 5.91 Å². The minimum Gasteiger partial charge on any atom is -0.497 e. The molecule has 1 saturated heterocycles. The van der Waals surface area contributed by atoms with Gasteiger partial charge in [0, 0.05) is 38.3 Å². The quantitative estimate of drug-likeness (QED) is 0.779. The van der Waals surface area contributed by atoms with Crippen LogP contribution in [0.3, 0.4) is 0 Å². The van der Waals surface area contributed by atoms with Crippen molar-refractivity contribution in [2.75, 3.05) is 40.5 Å². The molecule has 7 nitrogen and oxygen atoms in total. The Kier molecular flexibility index (Phi) is 6.57. The maximum Gasteiger partial charge on any atom is 0.253 e. The van der Waals surface area contributed by atoms with E-state index >= 15 is 0 Å². The van der Waals surface area contributed by atoms with E-state index in [0.29, 0.717) is 30.8 Å². The summed E-state index contributed by atoms with van der Waals surface area (Å²) in [6, 6.07) is 6.64. The Morgan fingerprint density at radius 1 is 1.29 bits per heavy atom. The molecule has 2 rings (SSSR count). The average Bonchev–Trinajstić information content (AvgIpc) is 2.61. The normalized spacial score (nSPS) is 20.5. The molecular formula is C17H24N2O5. The SMILES string of the molecule is COCC(=O)N[C@@H]1CN(C(=O)c2ccc(OC)cc2)CC[C@@H]1CO. The van der Waals surface area contributed by atoms with Crippen LogP contribution in [0.2, 0.25) is 0 Å². The van der Waals surface area contributed by atoms with Crippen molar-refractivity contribution in [2.24, 2.45) is 5.92 Å². The lowest BCUT2D eigenvalue weighted by atomic mass is 9.91. The van der Waals surface area contributed by atoms with Crippen molar-refractivity contribution < 1.29 is 24.2 Å². The van der Waals surface area contributed by atoms with Crippen molar-refractivity contribution in [3.8, 4) is 5.75 Å². The van der Waals surface area contributed by atoms with Crippen molar-refractivity contribution in [3.05, 3.63) is 29.8 Å². The number of likely N-dealkylation sites (tertiary alicyclic amines) is 1. The molecule has 24 heavy (non-hydrogen) atoms. The van der Waals surface area contributed by atoms with Crippen LogP contribution < -0.4 is 10.1 Å². The molecule has 1 aliphatic heterocycles. The zero-order valence-electron chi connectivity index (χ0n) is 14.0. The van der Waals surface area contributed by atoms with Gasteiger partial charge in [-0.25, -0.2) is 0 Å². The van der Waals surface area contributed by atoms with E-state index in [2.05, 4.69) is 5.32 Å². The summed E-state index contributed by atoms with van der Waals surface area (Å²) >= 11 is 0. The number of aliphatic hydroxyl groups excluding tert-OH is 1. The summed E-state index contributed by atoms with van der Waals surface area (Å²) in [7, 11) is 3.02. The van der Waals surface area contributed by atoms with E-state index in [1.807, 2.05) is 0 Å². The highest BCUT2D eigenvalue weighted by Crippen LogP contribution is 2.20. The molecule has 1 aromatic carbocycles. The summed E-state index contributed by atoms with van der Waals surface area (Å²) in [5, 5.41) is 12.3. The van der Waals surface area contributed by atoms with Gasteiger partial charge in [0.25, 0.3) is 5.91 Å². The maximum atomic E-state index is 12.6. The van der Waals surface area contributed by atoms with Crippen molar-refractivity contribution >= 4 is 11.8 Å². The van der Waals surface area contributed by atoms with E-state index in [1.165, 1.54) is 7.11 Å². The molecule has 1 fully saturated rings. The van der Waals surface area contributed by atoms with Gasteiger partial charge in [-0.05, 0) is 30.7 Å². The van der Waals surface area contributed by atoms with E-state index < -0.39 is 0 Å². The highest BCUT2D eigenvalue weighted by molar-refractivity contribution is 5.94. The van der Waals surface area contributed by atoms with Crippen LogP contribution >= 0.6 is 0 Å². The van der Waals surface area contributed by atoms with E-state index in [4.69, 9.17) is 9.47 Å². The molecule has 2 atom stereocenters. The molecule has 1 aliphatic rings. The number of nitrogens with zero attached hydrogens (tertiary/aromatic N) is 1. The molecule has 0 aromatic heterocycles. The summed E-state index contributed by atoms with van der Waals surface area (Å²) in [4.78, 5) is 26.1. The van der Waals surface area contributed by atoms with E-state index in [0.717, 1.165) is 0 Å². The Balaban J connectivity index is 2.04. The Hall–Kier alpha value is -2.12. The average molecular weight is 336 g/mol. The number of hydrogen-bond donors (Lipinski definition) is 2. The first-order valence-corrected chi connectivity index (χ1v) is 7.91. The monoisotopic (exact) mass is 336 g/mol. The lowest BCUT2D eigenvalue weighted by molar-refractivity contribution is -0.126. The van der Waals surface area contributed by atoms with Gasteiger partial charge in [0.15, 0.2) is 0 Å². The maximum absolute atomic E-state index is 12.6. The molecule has 7 heteroatoms. The molecule has 2 amide bonds. The fourth-order valence-electron chi connectivity index (χ4n) is 2.86. The Bertz CT molecular complexity index is 561. The molecule has 0 unspecified atom stereocenters. The topological polar surface area (TPSA) is 88.1 Å². The largest absolute Gasteiger partial charge is 0.497 e. The second-order valence-electron chi connectivity index (χ2n) is 5.82. The van der Waals surface area contributed by atoms with Gasteiger partial charge in [0.1, 0.15) is 12.4 Å². The summed E-state index contributed by atoms with van der Waals surface area (Å²) in [6.07, 6.45) is 0.635. The predicted octanol–water partition coefficient (Wildman–Crippen LogP) is 0.281. The first-order chi connectivity index (χ1) is 11.6. The number of methoxy groups -OCH3 is 2.